The molecular weight excluding hydrogens is 414 g/mol. The van der Waals surface area contributed by atoms with Crippen molar-refractivity contribution in [2.24, 2.45) is 0 Å². The van der Waals surface area contributed by atoms with Crippen LogP contribution >= 0.6 is 11.6 Å². The molecule has 2 aliphatic heterocycles. The number of aryl methyl sites for hydroxylation is 1. The van der Waals surface area contributed by atoms with E-state index in [0.717, 1.165) is 30.8 Å². The Kier molecular flexibility index (Phi) is 6.03. The van der Waals surface area contributed by atoms with Crippen LogP contribution in [0.4, 0.5) is 5.69 Å². The minimum Gasteiger partial charge on any atom is -0.495 e. The van der Waals surface area contributed by atoms with Gasteiger partial charge in [-0.3, -0.25) is 9.59 Å². The summed E-state index contributed by atoms with van der Waals surface area (Å²) in [4.78, 5) is 32.9. The maximum Gasteiger partial charge on any atom is 0.282 e. The second-order valence-corrected chi connectivity index (χ2v) is 8.21. The van der Waals surface area contributed by atoms with Crippen molar-refractivity contribution in [3.63, 3.8) is 0 Å². The number of carbonyl (C=O) groups excluding carboxylic acids is 2. The van der Waals surface area contributed by atoms with Crippen LogP contribution in [0.1, 0.15) is 18.1 Å². The van der Waals surface area contributed by atoms with Gasteiger partial charge in [-0.15, -0.1) is 0 Å². The number of hydrogen-bond donors (Lipinski definition) is 0. The molecule has 6 nitrogen and oxygen atoms in total. The summed E-state index contributed by atoms with van der Waals surface area (Å²) in [7, 11) is 1.51. The fourth-order valence-electron chi connectivity index (χ4n) is 4.14. The fourth-order valence-corrected chi connectivity index (χ4v) is 4.30. The first-order chi connectivity index (χ1) is 14.9. The number of nitrogens with zero attached hydrogens (tertiary/aromatic N) is 3. The third-order valence-electron chi connectivity index (χ3n) is 5.92. The first-order valence-electron chi connectivity index (χ1n) is 10.5. The summed E-state index contributed by atoms with van der Waals surface area (Å²) in [6, 6.07) is 12.6. The molecular formula is C24H26ClN3O3. The van der Waals surface area contributed by atoms with Crippen LogP contribution in [-0.4, -0.2) is 61.4 Å². The van der Waals surface area contributed by atoms with Gasteiger partial charge < -0.3 is 14.5 Å². The van der Waals surface area contributed by atoms with Crippen LogP contribution < -0.4 is 9.64 Å². The second-order valence-electron chi connectivity index (χ2n) is 7.77. The van der Waals surface area contributed by atoms with Crippen molar-refractivity contribution in [1.82, 2.24) is 9.80 Å². The number of carbonyl (C=O) groups is 2. The summed E-state index contributed by atoms with van der Waals surface area (Å²) in [6.45, 7) is 8.18. The van der Waals surface area contributed by atoms with Crippen LogP contribution in [0.25, 0.3) is 5.57 Å². The molecule has 0 unspecified atom stereocenters. The third kappa shape index (κ3) is 3.93. The van der Waals surface area contributed by atoms with Crippen LogP contribution in [0.15, 0.2) is 48.2 Å². The molecule has 0 N–H and O–H groups in total. The van der Waals surface area contributed by atoms with Crippen molar-refractivity contribution < 1.29 is 14.3 Å². The van der Waals surface area contributed by atoms with Gasteiger partial charge in [-0.2, -0.15) is 0 Å². The van der Waals surface area contributed by atoms with E-state index in [-0.39, 0.29) is 11.8 Å². The van der Waals surface area contributed by atoms with Gasteiger partial charge in [0.25, 0.3) is 11.8 Å². The lowest BCUT2D eigenvalue weighted by Crippen LogP contribution is -2.47. The van der Waals surface area contributed by atoms with E-state index >= 15 is 0 Å². The number of benzene rings is 2. The highest BCUT2D eigenvalue weighted by Crippen LogP contribution is 2.40. The summed E-state index contributed by atoms with van der Waals surface area (Å²) in [5, 5.41) is 0.429. The average Bonchev–Trinajstić information content (AvgIpc) is 3.04. The Balaban J connectivity index is 1.81. The normalized spacial score (nSPS) is 17.7. The molecule has 0 spiro atoms. The van der Waals surface area contributed by atoms with Gasteiger partial charge in [-0.05, 0) is 37.2 Å². The maximum atomic E-state index is 13.7. The smallest absolute Gasteiger partial charge is 0.282 e. The molecule has 0 bridgehead atoms. The lowest BCUT2D eigenvalue weighted by molar-refractivity contribution is -0.120. The van der Waals surface area contributed by atoms with E-state index in [4.69, 9.17) is 16.3 Å². The predicted molar refractivity (Wildman–Crippen MR) is 122 cm³/mol. The van der Waals surface area contributed by atoms with E-state index in [1.807, 2.05) is 36.1 Å². The van der Waals surface area contributed by atoms with Crippen molar-refractivity contribution in [2.45, 2.75) is 13.8 Å². The Morgan fingerprint density at radius 3 is 2.26 bits per heavy atom. The standard InChI is InChI=1S/C24H26ClN3O3/c1-4-26-11-13-27(14-12-26)22-21(17-7-5-16(2)6-8-17)23(29)28(24(22)30)19-15-18(25)9-10-20(19)31-3/h5-10,15H,4,11-14H2,1-3H3. The highest BCUT2D eigenvalue weighted by molar-refractivity contribution is 6.46. The van der Waals surface area contributed by atoms with Crippen LogP contribution in [0.5, 0.6) is 5.75 Å². The Morgan fingerprint density at radius 2 is 1.65 bits per heavy atom. The van der Waals surface area contributed by atoms with Gasteiger partial charge in [0.15, 0.2) is 0 Å². The number of halogens is 1. The number of imide groups is 1. The molecule has 0 aromatic heterocycles. The van der Waals surface area contributed by atoms with Crippen LogP contribution in [-0.2, 0) is 9.59 Å². The van der Waals surface area contributed by atoms with Gasteiger partial charge in [-0.1, -0.05) is 48.4 Å². The number of piperazine rings is 1. The number of amides is 2. The average molecular weight is 440 g/mol. The first-order valence-corrected chi connectivity index (χ1v) is 10.8. The van der Waals surface area contributed by atoms with E-state index in [1.165, 1.54) is 12.0 Å². The van der Waals surface area contributed by atoms with E-state index in [0.29, 0.717) is 40.8 Å². The summed E-state index contributed by atoms with van der Waals surface area (Å²) in [5.41, 5.74) is 3.06. The second kappa shape index (κ2) is 8.73. The van der Waals surface area contributed by atoms with E-state index in [2.05, 4.69) is 11.8 Å². The van der Waals surface area contributed by atoms with Gasteiger partial charge in [0.2, 0.25) is 0 Å². The van der Waals surface area contributed by atoms with E-state index < -0.39 is 0 Å². The monoisotopic (exact) mass is 439 g/mol. The van der Waals surface area contributed by atoms with E-state index in [9.17, 15) is 9.59 Å². The Morgan fingerprint density at radius 1 is 0.968 bits per heavy atom. The van der Waals surface area contributed by atoms with Crippen molar-refractivity contribution in [3.8, 4) is 5.75 Å². The fraction of sp³-hybridized carbons (Fsp3) is 0.333. The highest BCUT2D eigenvalue weighted by Gasteiger charge is 2.44. The number of hydrogen-bond acceptors (Lipinski definition) is 5. The molecule has 4 rings (SSSR count). The van der Waals surface area contributed by atoms with Gasteiger partial charge in [0.1, 0.15) is 11.4 Å². The Labute approximate surface area is 187 Å². The molecule has 2 aromatic carbocycles. The van der Waals surface area contributed by atoms with Crippen molar-refractivity contribution in [2.75, 3.05) is 44.7 Å². The number of ether oxygens (including phenoxy) is 1. The van der Waals surface area contributed by atoms with Crippen LogP contribution in [0, 0.1) is 6.92 Å². The lowest BCUT2D eigenvalue weighted by atomic mass is 10.0. The van der Waals surface area contributed by atoms with Gasteiger partial charge in [0.05, 0.1) is 18.4 Å². The third-order valence-corrected chi connectivity index (χ3v) is 6.15. The molecule has 2 aromatic rings. The predicted octanol–water partition coefficient (Wildman–Crippen LogP) is 3.58. The molecule has 0 radical (unpaired) electrons. The molecule has 0 atom stereocenters. The minimum absolute atomic E-state index is 0.342. The quantitative estimate of drug-likeness (QED) is 0.666. The first kappa shape index (κ1) is 21.4. The Bertz CT molecular complexity index is 1040. The zero-order valence-corrected chi connectivity index (χ0v) is 18.8. The zero-order valence-electron chi connectivity index (χ0n) is 18.0. The number of rotatable bonds is 5. The molecule has 162 valence electrons. The van der Waals surface area contributed by atoms with Crippen molar-refractivity contribution in [3.05, 3.63) is 64.3 Å². The summed E-state index contributed by atoms with van der Waals surface area (Å²) >= 11 is 6.20. The molecule has 31 heavy (non-hydrogen) atoms. The SMILES string of the molecule is CCN1CCN(C2=C(c3ccc(C)cc3)C(=O)N(c3cc(Cl)ccc3OC)C2=O)CC1. The number of anilines is 1. The molecule has 7 heteroatoms. The van der Waals surface area contributed by atoms with E-state index in [1.54, 1.807) is 18.2 Å². The van der Waals surface area contributed by atoms with Crippen molar-refractivity contribution in [1.29, 1.82) is 0 Å². The number of likely N-dealkylation sites (N-methyl/N-ethyl adjacent to an activating group) is 1. The minimum atomic E-state index is -0.359. The van der Waals surface area contributed by atoms with Crippen LogP contribution in [0.2, 0.25) is 5.02 Å². The maximum absolute atomic E-state index is 13.7. The molecule has 1 saturated heterocycles. The molecule has 2 heterocycles. The molecule has 2 amide bonds. The lowest BCUT2D eigenvalue weighted by Gasteiger charge is -2.36. The Hall–Kier alpha value is -2.83. The summed E-state index contributed by atoms with van der Waals surface area (Å²) < 4.78 is 5.43. The summed E-state index contributed by atoms with van der Waals surface area (Å²) in [5.74, 6) is -0.278. The van der Waals surface area contributed by atoms with Gasteiger partial charge in [-0.25, -0.2) is 4.90 Å². The molecule has 0 aliphatic carbocycles. The largest absolute Gasteiger partial charge is 0.495 e. The molecule has 2 aliphatic rings. The van der Waals surface area contributed by atoms with Crippen molar-refractivity contribution >= 4 is 34.7 Å². The van der Waals surface area contributed by atoms with Crippen LogP contribution in [0.3, 0.4) is 0 Å². The topological polar surface area (TPSA) is 53.1 Å². The molecule has 1 fully saturated rings. The summed E-state index contributed by atoms with van der Waals surface area (Å²) in [6.07, 6.45) is 0. The van der Waals surface area contributed by atoms with Gasteiger partial charge >= 0.3 is 0 Å². The highest BCUT2D eigenvalue weighted by atomic mass is 35.5. The van der Waals surface area contributed by atoms with Gasteiger partial charge in [0, 0.05) is 31.2 Å². The zero-order chi connectivity index (χ0) is 22.1. The molecule has 0 saturated carbocycles. The number of methoxy groups -OCH3 is 1.